The molecule has 1 atom stereocenters. The highest BCUT2D eigenvalue weighted by molar-refractivity contribution is 7.91. The third-order valence-corrected chi connectivity index (χ3v) is 5.23. The molecule has 0 aliphatic carbocycles. The fourth-order valence-corrected chi connectivity index (χ4v) is 4.01. The maximum atomic E-state index is 12.2. The third kappa shape index (κ3) is 2.80. The van der Waals surface area contributed by atoms with Gasteiger partial charge in [0.2, 0.25) is 0 Å². The van der Waals surface area contributed by atoms with Crippen LogP contribution in [0.1, 0.15) is 42.1 Å². The summed E-state index contributed by atoms with van der Waals surface area (Å²) in [6, 6.07) is 7.51. The summed E-state index contributed by atoms with van der Waals surface area (Å²) in [5.41, 5.74) is 1.81. The van der Waals surface area contributed by atoms with E-state index in [0.717, 1.165) is 0 Å². The van der Waals surface area contributed by atoms with Gasteiger partial charge in [-0.3, -0.25) is 4.79 Å². The van der Waals surface area contributed by atoms with Gasteiger partial charge in [0.15, 0.2) is 15.6 Å². The van der Waals surface area contributed by atoms with Gasteiger partial charge in [-0.2, -0.15) is 0 Å². The summed E-state index contributed by atoms with van der Waals surface area (Å²) in [7, 11) is -2.99. The molecule has 1 unspecified atom stereocenters. The topological polar surface area (TPSA) is 51.2 Å². The van der Waals surface area contributed by atoms with Crippen LogP contribution in [0, 0.1) is 5.92 Å². The summed E-state index contributed by atoms with van der Waals surface area (Å²) in [5, 5.41) is 0. The highest BCUT2D eigenvalue weighted by Crippen LogP contribution is 2.23. The predicted octanol–water partition coefficient (Wildman–Crippen LogP) is 2.43. The predicted molar refractivity (Wildman–Crippen MR) is 71.6 cm³/mol. The van der Waals surface area contributed by atoms with Crippen molar-refractivity contribution >= 4 is 15.6 Å². The molecule has 1 aromatic rings. The number of Topliss-reactive ketones (excluding diaryl/α,β-unsaturated/α-hetero) is 1. The smallest absolute Gasteiger partial charge is 0.166 e. The quantitative estimate of drug-likeness (QED) is 0.789. The first-order valence-electron chi connectivity index (χ1n) is 6.23. The summed E-state index contributed by atoms with van der Waals surface area (Å²) >= 11 is 0. The van der Waals surface area contributed by atoms with Crippen LogP contribution in [0.4, 0.5) is 0 Å². The molecule has 3 nitrogen and oxygen atoms in total. The summed E-state index contributed by atoms with van der Waals surface area (Å²) in [6.07, 6.45) is 0.465. The number of carbonyl (C=O) groups is 1. The Hall–Kier alpha value is -1.16. The molecule has 0 bridgehead atoms. The van der Waals surface area contributed by atoms with Crippen molar-refractivity contribution in [3.8, 4) is 0 Å². The van der Waals surface area contributed by atoms with Crippen LogP contribution in [0.2, 0.25) is 0 Å². The molecular formula is C14H18O3S. The summed E-state index contributed by atoms with van der Waals surface area (Å²) in [5.74, 6) is 0.206. The molecule has 1 fully saturated rings. The van der Waals surface area contributed by atoms with Gasteiger partial charge in [0, 0.05) is 11.5 Å². The molecule has 0 N–H and O–H groups in total. The second kappa shape index (κ2) is 4.84. The van der Waals surface area contributed by atoms with Crippen molar-refractivity contribution in [2.24, 2.45) is 5.92 Å². The molecule has 4 heteroatoms. The minimum atomic E-state index is -2.99. The first-order valence-corrected chi connectivity index (χ1v) is 8.06. The van der Waals surface area contributed by atoms with Crippen molar-refractivity contribution in [3.63, 3.8) is 0 Å². The maximum Gasteiger partial charge on any atom is 0.166 e. The molecule has 0 saturated carbocycles. The van der Waals surface area contributed by atoms with E-state index in [2.05, 4.69) is 13.8 Å². The van der Waals surface area contributed by atoms with Crippen LogP contribution in [-0.2, 0) is 9.84 Å². The van der Waals surface area contributed by atoms with E-state index in [1.807, 2.05) is 24.3 Å². The number of carbonyl (C=O) groups excluding carboxylic acids is 1. The van der Waals surface area contributed by atoms with Gasteiger partial charge in [-0.1, -0.05) is 38.1 Å². The highest BCUT2D eigenvalue weighted by Gasteiger charge is 2.33. The molecule has 98 valence electrons. The summed E-state index contributed by atoms with van der Waals surface area (Å²) in [6.45, 7) is 4.20. The zero-order valence-electron chi connectivity index (χ0n) is 10.7. The van der Waals surface area contributed by atoms with Gasteiger partial charge < -0.3 is 0 Å². The Morgan fingerprint density at radius 2 is 1.83 bits per heavy atom. The zero-order chi connectivity index (χ0) is 13.3. The Morgan fingerprint density at radius 3 is 2.28 bits per heavy atom. The molecule has 2 rings (SSSR count). The van der Waals surface area contributed by atoms with Crippen molar-refractivity contribution in [1.29, 1.82) is 0 Å². The molecule has 0 radical (unpaired) electrons. The first kappa shape index (κ1) is 13.3. The average molecular weight is 266 g/mol. The SMILES string of the molecule is CC(C)c1ccc(C(=O)C2CCS(=O)(=O)C2)cc1. The Balaban J connectivity index is 2.15. The normalized spacial score (nSPS) is 22.3. The van der Waals surface area contributed by atoms with Gasteiger partial charge in [-0.15, -0.1) is 0 Å². The van der Waals surface area contributed by atoms with E-state index in [1.165, 1.54) is 5.56 Å². The highest BCUT2D eigenvalue weighted by atomic mass is 32.2. The lowest BCUT2D eigenvalue weighted by atomic mass is 9.94. The van der Waals surface area contributed by atoms with Crippen LogP contribution in [0.25, 0.3) is 0 Å². The van der Waals surface area contributed by atoms with Gasteiger partial charge in [0.1, 0.15) is 0 Å². The molecule has 1 aliphatic heterocycles. The van der Waals surface area contributed by atoms with Gasteiger partial charge in [0.25, 0.3) is 0 Å². The molecule has 1 saturated heterocycles. The fraction of sp³-hybridized carbons (Fsp3) is 0.500. The van der Waals surface area contributed by atoms with Crippen LogP contribution in [-0.4, -0.2) is 25.7 Å². The van der Waals surface area contributed by atoms with Crippen LogP contribution >= 0.6 is 0 Å². The van der Waals surface area contributed by atoms with Crippen molar-refractivity contribution in [1.82, 2.24) is 0 Å². The van der Waals surface area contributed by atoms with E-state index in [-0.39, 0.29) is 23.2 Å². The lowest BCUT2D eigenvalue weighted by Gasteiger charge is -2.09. The minimum absolute atomic E-state index is 0.0117. The zero-order valence-corrected chi connectivity index (χ0v) is 11.5. The van der Waals surface area contributed by atoms with E-state index in [9.17, 15) is 13.2 Å². The Kier molecular flexibility index (Phi) is 3.57. The molecule has 0 amide bonds. The maximum absolute atomic E-state index is 12.2. The minimum Gasteiger partial charge on any atom is -0.294 e. The first-order chi connectivity index (χ1) is 8.39. The van der Waals surface area contributed by atoms with Crippen molar-refractivity contribution < 1.29 is 13.2 Å². The number of benzene rings is 1. The van der Waals surface area contributed by atoms with Crippen molar-refractivity contribution in [2.45, 2.75) is 26.2 Å². The fourth-order valence-electron chi connectivity index (χ4n) is 2.27. The Morgan fingerprint density at radius 1 is 1.22 bits per heavy atom. The van der Waals surface area contributed by atoms with E-state index in [0.29, 0.717) is 17.9 Å². The standard InChI is InChI=1S/C14H18O3S/c1-10(2)11-3-5-12(6-4-11)14(15)13-7-8-18(16,17)9-13/h3-6,10,13H,7-9H2,1-2H3. The lowest BCUT2D eigenvalue weighted by molar-refractivity contribution is 0.0933. The van der Waals surface area contributed by atoms with Crippen LogP contribution in [0.15, 0.2) is 24.3 Å². The second-order valence-corrected chi connectivity index (χ2v) is 7.47. The number of hydrogen-bond acceptors (Lipinski definition) is 3. The van der Waals surface area contributed by atoms with E-state index < -0.39 is 9.84 Å². The van der Waals surface area contributed by atoms with Crippen LogP contribution < -0.4 is 0 Å². The Labute approximate surface area is 108 Å². The molecule has 18 heavy (non-hydrogen) atoms. The van der Waals surface area contributed by atoms with Crippen LogP contribution in [0.3, 0.4) is 0 Å². The third-order valence-electron chi connectivity index (χ3n) is 3.47. The molecular weight excluding hydrogens is 248 g/mol. The molecule has 1 heterocycles. The molecule has 1 aromatic carbocycles. The number of sulfone groups is 1. The lowest BCUT2D eigenvalue weighted by Crippen LogP contribution is -2.16. The van der Waals surface area contributed by atoms with E-state index in [1.54, 1.807) is 0 Å². The van der Waals surface area contributed by atoms with E-state index in [4.69, 9.17) is 0 Å². The monoisotopic (exact) mass is 266 g/mol. The number of rotatable bonds is 3. The molecule has 1 aliphatic rings. The van der Waals surface area contributed by atoms with Gasteiger partial charge in [-0.05, 0) is 17.9 Å². The average Bonchev–Trinajstić information content (AvgIpc) is 2.69. The van der Waals surface area contributed by atoms with Crippen molar-refractivity contribution in [3.05, 3.63) is 35.4 Å². The number of ketones is 1. The van der Waals surface area contributed by atoms with Crippen LogP contribution in [0.5, 0.6) is 0 Å². The largest absolute Gasteiger partial charge is 0.294 e. The van der Waals surface area contributed by atoms with E-state index >= 15 is 0 Å². The second-order valence-electron chi connectivity index (χ2n) is 5.24. The van der Waals surface area contributed by atoms with Gasteiger partial charge in [0.05, 0.1) is 11.5 Å². The summed E-state index contributed by atoms with van der Waals surface area (Å²) in [4.78, 5) is 12.2. The molecule has 0 spiro atoms. The van der Waals surface area contributed by atoms with Gasteiger partial charge >= 0.3 is 0 Å². The molecule has 0 aromatic heterocycles. The number of hydrogen-bond donors (Lipinski definition) is 0. The van der Waals surface area contributed by atoms with Gasteiger partial charge in [-0.25, -0.2) is 8.42 Å². The Bertz CT molecular complexity index is 541. The summed E-state index contributed by atoms with van der Waals surface area (Å²) < 4.78 is 22.7. The van der Waals surface area contributed by atoms with Crippen molar-refractivity contribution in [2.75, 3.05) is 11.5 Å².